The van der Waals surface area contributed by atoms with Gasteiger partial charge >= 0.3 is 0 Å². The van der Waals surface area contributed by atoms with Crippen LogP contribution in [0.15, 0.2) is 120 Å². The maximum atomic E-state index is 12.9. The summed E-state index contributed by atoms with van der Waals surface area (Å²) in [6.45, 7) is 5.57. The molecule has 47 heavy (non-hydrogen) atoms. The van der Waals surface area contributed by atoms with Gasteiger partial charge in [-0.25, -0.2) is 0 Å². The molecule has 0 bridgehead atoms. The number of hydrogen-bond acceptors (Lipinski definition) is 3. The number of nitrogens with zero attached hydrogens (tertiary/aromatic N) is 3. The Hall–Kier alpha value is -4.90. The molecular weight excluding hydrogens is 762 g/mol. The predicted octanol–water partition coefficient (Wildman–Crippen LogP) is 10.6. The van der Waals surface area contributed by atoms with Crippen LogP contribution in [0.2, 0.25) is 0 Å². The molecule has 5 heterocycles. The fraction of sp³-hybridized carbons (Fsp3) is 0.122. The van der Waals surface area contributed by atoms with Crippen LogP contribution in [0.4, 0.5) is 4.39 Å². The normalized spacial score (nSPS) is 12.7. The molecule has 0 fully saturated rings. The Morgan fingerprint density at radius 1 is 0.851 bits per heavy atom. The Labute approximate surface area is 289 Å². The van der Waals surface area contributed by atoms with Crippen LogP contribution in [-0.4, -0.2) is 14.5 Å². The number of furan rings is 1. The van der Waals surface area contributed by atoms with E-state index in [1.54, 1.807) is 18.2 Å². The molecule has 233 valence electrons. The Morgan fingerprint density at radius 2 is 1.66 bits per heavy atom. The second-order valence-electron chi connectivity index (χ2n) is 12.4. The van der Waals surface area contributed by atoms with E-state index in [1.807, 2.05) is 51.2 Å². The number of halogens is 1. The minimum absolute atomic E-state index is 0. The van der Waals surface area contributed by atoms with Crippen LogP contribution >= 0.6 is 0 Å². The van der Waals surface area contributed by atoms with Crippen molar-refractivity contribution >= 4 is 32.8 Å². The standard InChI is InChI=1S/C25H13N2O.C16H17FN.Ir/c1-2-9-17-16(8-1)22-19-10-4-6-12-21(19)28-25(22)27-20-11-5-3-7-15(20)18-13-14-26-23(17)24(18)27;1-16(2,3)10-12-4-9-15(18-11-12)13-5-7-14(17)8-6-13;/h1-8,10-14H;4-5,7-9,11H,10H2,1-3H3;/q2*-1;/i;10D2;. The molecule has 0 N–H and O–H groups in total. The summed E-state index contributed by atoms with van der Waals surface area (Å²) in [6.07, 6.45) is 1.97. The van der Waals surface area contributed by atoms with Crippen LogP contribution < -0.4 is 0 Å². The largest absolute Gasteiger partial charge is 0.440 e. The van der Waals surface area contributed by atoms with Crippen LogP contribution in [0.1, 0.15) is 29.1 Å². The van der Waals surface area contributed by atoms with Gasteiger partial charge in [-0.2, -0.15) is 0 Å². The molecule has 4 aromatic carbocycles. The maximum absolute atomic E-state index is 12.9. The van der Waals surface area contributed by atoms with E-state index in [-0.39, 0.29) is 25.9 Å². The van der Waals surface area contributed by atoms with Gasteiger partial charge in [0, 0.05) is 74.0 Å². The molecule has 0 atom stereocenters. The first kappa shape index (κ1) is 28.3. The minimum Gasteiger partial charge on any atom is -0.440 e. The van der Waals surface area contributed by atoms with Gasteiger partial charge in [0.15, 0.2) is 0 Å². The van der Waals surface area contributed by atoms with Crippen molar-refractivity contribution in [3.8, 4) is 39.5 Å². The molecule has 0 amide bonds. The summed E-state index contributed by atoms with van der Waals surface area (Å²) in [4.78, 5) is 9.05. The Bertz CT molecular complexity index is 2480. The van der Waals surface area contributed by atoms with Gasteiger partial charge in [-0.3, -0.25) is 8.96 Å². The molecule has 8 aromatic rings. The number of aromatic nitrogens is 3. The first-order valence-corrected chi connectivity index (χ1v) is 15.2. The summed E-state index contributed by atoms with van der Waals surface area (Å²) < 4.78 is 37.9. The van der Waals surface area contributed by atoms with Crippen molar-refractivity contribution in [3.05, 3.63) is 139 Å². The summed E-state index contributed by atoms with van der Waals surface area (Å²) in [5.41, 5.74) is 8.62. The molecule has 1 aliphatic rings. The molecule has 0 unspecified atom stereocenters. The first-order valence-electron chi connectivity index (χ1n) is 16.2. The van der Waals surface area contributed by atoms with Crippen molar-refractivity contribution in [2.45, 2.75) is 27.1 Å². The third kappa shape index (κ3) is 5.48. The van der Waals surface area contributed by atoms with Gasteiger partial charge in [0.05, 0.1) is 5.52 Å². The minimum atomic E-state index is -1.47. The smallest absolute Gasteiger partial charge is 0.203 e. The van der Waals surface area contributed by atoms with Crippen molar-refractivity contribution in [1.29, 1.82) is 0 Å². The van der Waals surface area contributed by atoms with E-state index < -0.39 is 11.8 Å². The fourth-order valence-electron chi connectivity index (χ4n) is 6.23. The SMILES string of the molecule is [2H]C([2H])(c1ccc(-c2[c-]cc(F)cc2)nc1)C(C)(C)C.[Ir].[c-]1cccc2c1-c1nccc3c4ccccc4n(c13)-c1oc3ccccc3c1-2. The van der Waals surface area contributed by atoms with Gasteiger partial charge in [0.25, 0.3) is 0 Å². The third-order valence-corrected chi connectivity index (χ3v) is 8.06. The van der Waals surface area contributed by atoms with E-state index in [1.165, 1.54) is 29.1 Å². The average Bonchev–Trinajstić information content (AvgIpc) is 3.60. The van der Waals surface area contributed by atoms with Crippen molar-refractivity contribution in [1.82, 2.24) is 14.5 Å². The number of pyridine rings is 2. The second-order valence-corrected chi connectivity index (χ2v) is 12.4. The third-order valence-electron chi connectivity index (χ3n) is 8.06. The fourth-order valence-corrected chi connectivity index (χ4v) is 6.23. The molecule has 6 heteroatoms. The van der Waals surface area contributed by atoms with Crippen LogP contribution in [0, 0.1) is 23.4 Å². The van der Waals surface area contributed by atoms with Crippen LogP contribution in [-0.2, 0) is 26.5 Å². The van der Waals surface area contributed by atoms with E-state index in [0.717, 1.165) is 50.3 Å². The summed E-state index contributed by atoms with van der Waals surface area (Å²) in [5.74, 6) is 0.509. The topological polar surface area (TPSA) is 43.9 Å². The number of hydrogen-bond donors (Lipinski definition) is 0. The Kier molecular flexibility index (Phi) is 7.26. The van der Waals surface area contributed by atoms with E-state index >= 15 is 0 Å². The summed E-state index contributed by atoms with van der Waals surface area (Å²) in [7, 11) is 0. The summed E-state index contributed by atoms with van der Waals surface area (Å²) in [5, 5.41) is 3.49. The molecule has 1 radical (unpaired) electrons. The van der Waals surface area contributed by atoms with E-state index in [0.29, 0.717) is 16.8 Å². The quantitative estimate of drug-likeness (QED) is 0.164. The van der Waals surface area contributed by atoms with Gasteiger partial charge in [-0.05, 0) is 41.2 Å². The molecule has 1 aliphatic heterocycles. The Balaban J connectivity index is 0.000000161. The first-order chi connectivity index (χ1) is 23.1. The molecule has 0 aliphatic carbocycles. The summed E-state index contributed by atoms with van der Waals surface area (Å²) >= 11 is 0. The molecule has 0 saturated carbocycles. The average molecular weight is 794 g/mol. The zero-order valence-electron chi connectivity index (χ0n) is 27.9. The number of para-hydroxylation sites is 2. The molecular formula is C41H30FIrN3O-2. The molecule has 4 aromatic heterocycles. The molecule has 0 spiro atoms. The molecule has 0 saturated heterocycles. The van der Waals surface area contributed by atoms with E-state index in [4.69, 9.17) is 12.1 Å². The van der Waals surface area contributed by atoms with Crippen molar-refractivity contribution in [2.75, 3.05) is 0 Å². The Morgan fingerprint density at radius 3 is 2.43 bits per heavy atom. The van der Waals surface area contributed by atoms with E-state index in [2.05, 4.69) is 70.2 Å². The van der Waals surface area contributed by atoms with Crippen molar-refractivity contribution in [2.24, 2.45) is 5.41 Å². The number of benzene rings is 4. The number of fused-ring (bicyclic) bond motifs is 10. The molecule has 9 rings (SSSR count). The van der Waals surface area contributed by atoms with Gasteiger partial charge < -0.3 is 14.4 Å². The van der Waals surface area contributed by atoms with E-state index in [9.17, 15) is 4.39 Å². The van der Waals surface area contributed by atoms with Crippen LogP contribution in [0.3, 0.4) is 0 Å². The van der Waals surface area contributed by atoms with Gasteiger partial charge in [0.1, 0.15) is 5.58 Å². The molecule has 4 nitrogen and oxygen atoms in total. The van der Waals surface area contributed by atoms with Crippen molar-refractivity contribution in [3.63, 3.8) is 0 Å². The monoisotopic (exact) mass is 794 g/mol. The second kappa shape index (κ2) is 12.0. The zero-order chi connectivity index (χ0) is 33.2. The van der Waals surface area contributed by atoms with Crippen LogP contribution in [0.5, 0.6) is 0 Å². The summed E-state index contributed by atoms with van der Waals surface area (Å²) in [6, 6.07) is 38.9. The predicted molar refractivity (Wildman–Crippen MR) is 183 cm³/mol. The van der Waals surface area contributed by atoms with Gasteiger partial charge in [0.2, 0.25) is 5.88 Å². The van der Waals surface area contributed by atoms with Gasteiger partial charge in [-0.1, -0.05) is 74.9 Å². The van der Waals surface area contributed by atoms with Crippen LogP contribution in [0.25, 0.3) is 72.3 Å². The maximum Gasteiger partial charge on any atom is 0.203 e. The zero-order valence-corrected chi connectivity index (χ0v) is 28.3. The van der Waals surface area contributed by atoms with Gasteiger partial charge in [-0.15, -0.1) is 59.7 Å². The number of rotatable bonds is 2. The van der Waals surface area contributed by atoms with Crippen molar-refractivity contribution < 1.29 is 31.7 Å².